The molecule has 1 aliphatic rings. The molecule has 3 nitrogen and oxygen atoms in total. The molecule has 0 aliphatic heterocycles. The predicted molar refractivity (Wildman–Crippen MR) is 78.8 cm³/mol. The minimum Gasteiger partial charge on any atom is -0.399 e. The van der Waals surface area contributed by atoms with Crippen molar-refractivity contribution in [1.29, 1.82) is 0 Å². The van der Waals surface area contributed by atoms with E-state index in [0.29, 0.717) is 5.41 Å². The third-order valence-electron chi connectivity index (χ3n) is 4.53. The number of carbonyl (C=O) groups is 1. The van der Waals surface area contributed by atoms with E-state index in [9.17, 15) is 4.79 Å². The van der Waals surface area contributed by atoms with Gasteiger partial charge >= 0.3 is 0 Å². The zero-order chi connectivity index (χ0) is 14.1. The summed E-state index contributed by atoms with van der Waals surface area (Å²) in [6.07, 6.45) is 3.63. The first-order valence-electron chi connectivity index (χ1n) is 7.04. The van der Waals surface area contributed by atoms with E-state index < -0.39 is 5.41 Å². The first-order chi connectivity index (χ1) is 8.89. The second-order valence-corrected chi connectivity index (χ2v) is 6.28. The third-order valence-corrected chi connectivity index (χ3v) is 4.53. The molecule has 19 heavy (non-hydrogen) atoms. The van der Waals surface area contributed by atoms with Gasteiger partial charge in [0.25, 0.3) is 0 Å². The van der Waals surface area contributed by atoms with E-state index in [0.717, 1.165) is 24.2 Å². The number of carbonyl (C=O) groups excluding carboxylic acids is 1. The maximum atomic E-state index is 12.4. The van der Waals surface area contributed by atoms with Crippen LogP contribution in [0.3, 0.4) is 0 Å². The van der Waals surface area contributed by atoms with E-state index in [4.69, 9.17) is 5.73 Å². The van der Waals surface area contributed by atoms with Crippen molar-refractivity contribution >= 4 is 11.6 Å². The second kappa shape index (κ2) is 4.87. The number of nitrogens with two attached hydrogens (primary N) is 1. The van der Waals surface area contributed by atoms with Gasteiger partial charge in [-0.3, -0.25) is 4.79 Å². The average molecular weight is 260 g/mol. The summed E-state index contributed by atoms with van der Waals surface area (Å²) in [4.78, 5) is 12.4. The van der Waals surface area contributed by atoms with Gasteiger partial charge in [-0.05, 0) is 56.2 Å². The van der Waals surface area contributed by atoms with Crippen molar-refractivity contribution in [2.75, 3.05) is 12.3 Å². The van der Waals surface area contributed by atoms with E-state index in [2.05, 4.69) is 12.2 Å². The Morgan fingerprint density at radius 2 is 1.89 bits per heavy atom. The molecule has 0 unspecified atom stereocenters. The molecule has 0 bridgehead atoms. The Morgan fingerprint density at radius 1 is 1.32 bits per heavy atom. The van der Waals surface area contributed by atoms with Crippen LogP contribution in [0, 0.1) is 5.41 Å². The lowest BCUT2D eigenvalue weighted by Gasteiger charge is -2.25. The van der Waals surface area contributed by atoms with Crippen molar-refractivity contribution in [3.8, 4) is 0 Å². The molecule has 0 spiro atoms. The Labute approximate surface area is 115 Å². The Kier molecular flexibility index (Phi) is 3.57. The standard InChI is InChI=1S/C16H24N2O/c1-4-16(9-10-16)11-18-14(19)15(2,3)12-5-7-13(17)8-6-12/h5-8H,4,9-11,17H2,1-3H3,(H,18,19). The Bertz CT molecular complexity index is 458. The van der Waals surface area contributed by atoms with Crippen LogP contribution >= 0.6 is 0 Å². The first kappa shape index (κ1) is 13.9. The van der Waals surface area contributed by atoms with Crippen molar-refractivity contribution in [1.82, 2.24) is 5.32 Å². The Morgan fingerprint density at radius 3 is 2.37 bits per heavy atom. The highest BCUT2D eigenvalue weighted by molar-refractivity contribution is 5.87. The van der Waals surface area contributed by atoms with Crippen LogP contribution in [-0.2, 0) is 10.2 Å². The van der Waals surface area contributed by atoms with Gasteiger partial charge in [0, 0.05) is 12.2 Å². The van der Waals surface area contributed by atoms with Gasteiger partial charge in [-0.2, -0.15) is 0 Å². The number of hydrogen-bond acceptors (Lipinski definition) is 2. The van der Waals surface area contributed by atoms with Crippen molar-refractivity contribution in [3.05, 3.63) is 29.8 Å². The third kappa shape index (κ3) is 2.91. The molecule has 0 atom stereocenters. The molecule has 1 amide bonds. The summed E-state index contributed by atoms with van der Waals surface area (Å²) in [5.74, 6) is 0.0944. The monoisotopic (exact) mass is 260 g/mol. The topological polar surface area (TPSA) is 55.1 Å². The molecule has 1 saturated carbocycles. The SMILES string of the molecule is CCC1(CNC(=O)C(C)(C)c2ccc(N)cc2)CC1. The number of anilines is 1. The van der Waals surface area contributed by atoms with Crippen molar-refractivity contribution in [3.63, 3.8) is 0 Å². The van der Waals surface area contributed by atoms with E-state index >= 15 is 0 Å². The van der Waals surface area contributed by atoms with Crippen LogP contribution in [0.25, 0.3) is 0 Å². The summed E-state index contributed by atoms with van der Waals surface area (Å²) < 4.78 is 0. The molecule has 1 fully saturated rings. The van der Waals surface area contributed by atoms with E-state index in [1.807, 2.05) is 38.1 Å². The van der Waals surface area contributed by atoms with Gasteiger partial charge in [0.1, 0.15) is 0 Å². The van der Waals surface area contributed by atoms with Gasteiger partial charge in [0.2, 0.25) is 5.91 Å². The van der Waals surface area contributed by atoms with Crippen LogP contribution in [0.5, 0.6) is 0 Å². The predicted octanol–water partition coefficient (Wildman–Crippen LogP) is 2.85. The molecule has 0 saturated heterocycles. The van der Waals surface area contributed by atoms with Gasteiger partial charge in [-0.15, -0.1) is 0 Å². The van der Waals surface area contributed by atoms with Gasteiger partial charge in [-0.1, -0.05) is 19.1 Å². The summed E-state index contributed by atoms with van der Waals surface area (Å²) in [6, 6.07) is 7.56. The lowest BCUT2D eigenvalue weighted by Crippen LogP contribution is -2.42. The zero-order valence-electron chi connectivity index (χ0n) is 12.1. The minimum absolute atomic E-state index is 0.0944. The van der Waals surface area contributed by atoms with E-state index in [-0.39, 0.29) is 5.91 Å². The highest BCUT2D eigenvalue weighted by atomic mass is 16.2. The first-order valence-corrected chi connectivity index (χ1v) is 7.04. The molecular formula is C16H24N2O. The summed E-state index contributed by atoms with van der Waals surface area (Å²) in [7, 11) is 0. The highest BCUT2D eigenvalue weighted by Crippen LogP contribution is 2.48. The van der Waals surface area contributed by atoms with Crippen molar-refractivity contribution in [2.45, 2.75) is 45.4 Å². The molecule has 0 heterocycles. The van der Waals surface area contributed by atoms with Gasteiger partial charge in [-0.25, -0.2) is 0 Å². The second-order valence-electron chi connectivity index (χ2n) is 6.28. The molecular weight excluding hydrogens is 236 g/mol. The fourth-order valence-electron chi connectivity index (χ4n) is 2.35. The lowest BCUT2D eigenvalue weighted by molar-refractivity contribution is -0.125. The minimum atomic E-state index is -0.516. The summed E-state index contributed by atoms with van der Waals surface area (Å²) in [5.41, 5.74) is 7.28. The van der Waals surface area contributed by atoms with Gasteiger partial charge < -0.3 is 11.1 Å². The molecule has 1 aromatic carbocycles. The molecule has 3 N–H and O–H groups in total. The maximum absolute atomic E-state index is 12.4. The van der Waals surface area contributed by atoms with Crippen LogP contribution in [0.4, 0.5) is 5.69 Å². The van der Waals surface area contributed by atoms with Crippen molar-refractivity contribution in [2.24, 2.45) is 5.41 Å². The van der Waals surface area contributed by atoms with E-state index in [1.165, 1.54) is 12.8 Å². The molecule has 0 radical (unpaired) electrons. The van der Waals surface area contributed by atoms with Crippen LogP contribution < -0.4 is 11.1 Å². The fraction of sp³-hybridized carbons (Fsp3) is 0.562. The van der Waals surface area contributed by atoms with E-state index in [1.54, 1.807) is 0 Å². The number of nitrogen functional groups attached to an aromatic ring is 1. The number of rotatable bonds is 5. The molecule has 104 valence electrons. The lowest BCUT2D eigenvalue weighted by atomic mass is 9.83. The molecule has 1 aliphatic carbocycles. The smallest absolute Gasteiger partial charge is 0.230 e. The largest absolute Gasteiger partial charge is 0.399 e. The highest BCUT2D eigenvalue weighted by Gasteiger charge is 2.41. The number of amides is 1. The number of benzene rings is 1. The number of hydrogen-bond donors (Lipinski definition) is 2. The van der Waals surface area contributed by atoms with Gasteiger partial charge in [0.15, 0.2) is 0 Å². The quantitative estimate of drug-likeness (QED) is 0.800. The maximum Gasteiger partial charge on any atom is 0.230 e. The van der Waals surface area contributed by atoms with Gasteiger partial charge in [0.05, 0.1) is 5.41 Å². The molecule has 1 aromatic rings. The fourth-order valence-corrected chi connectivity index (χ4v) is 2.35. The summed E-state index contributed by atoms with van der Waals surface area (Å²) in [6.45, 7) is 6.92. The Balaban J connectivity index is 2.02. The van der Waals surface area contributed by atoms with Crippen molar-refractivity contribution < 1.29 is 4.79 Å². The normalized spacial score (nSPS) is 17.0. The molecule has 0 aromatic heterocycles. The zero-order valence-corrected chi connectivity index (χ0v) is 12.1. The Hall–Kier alpha value is -1.51. The average Bonchev–Trinajstić information content (AvgIpc) is 3.17. The van der Waals surface area contributed by atoms with Crippen LogP contribution in [-0.4, -0.2) is 12.5 Å². The van der Waals surface area contributed by atoms with Crippen LogP contribution in [0.2, 0.25) is 0 Å². The molecule has 2 rings (SSSR count). The summed E-state index contributed by atoms with van der Waals surface area (Å²) >= 11 is 0. The molecule has 3 heteroatoms. The summed E-state index contributed by atoms with van der Waals surface area (Å²) in [5, 5.41) is 3.12. The van der Waals surface area contributed by atoms with Crippen LogP contribution in [0.1, 0.15) is 45.6 Å². The van der Waals surface area contributed by atoms with Crippen LogP contribution in [0.15, 0.2) is 24.3 Å². The number of nitrogens with one attached hydrogen (secondary N) is 1.